The maximum Gasteiger partial charge on any atom is 0.242 e. The molecule has 0 unspecified atom stereocenters. The third kappa shape index (κ3) is 4.62. The summed E-state index contributed by atoms with van der Waals surface area (Å²) < 4.78 is 37.9. The van der Waals surface area contributed by atoms with Gasteiger partial charge in [-0.1, -0.05) is 35.3 Å². The molecular weight excluding hydrogens is 373 g/mol. The maximum absolute atomic E-state index is 12.4. The summed E-state index contributed by atoms with van der Waals surface area (Å²) in [5.41, 5.74) is 0.789. The van der Waals surface area contributed by atoms with Gasteiger partial charge in [-0.15, -0.1) is 0 Å². The van der Waals surface area contributed by atoms with Gasteiger partial charge in [0, 0.05) is 18.7 Å². The van der Waals surface area contributed by atoms with E-state index in [0.29, 0.717) is 5.75 Å². The van der Waals surface area contributed by atoms with Crippen LogP contribution >= 0.6 is 23.2 Å². The van der Waals surface area contributed by atoms with Crippen LogP contribution in [0.5, 0.6) is 5.75 Å². The van der Waals surface area contributed by atoms with Gasteiger partial charge in [-0.05, 0) is 35.9 Å². The molecule has 0 saturated heterocycles. The molecule has 0 amide bonds. The fourth-order valence-corrected chi connectivity index (χ4v) is 3.92. The SMILES string of the molecule is COc1cccc([C@@H](CNS(=O)(=O)c2cc(Cl)ccc2Cl)OC)c1. The van der Waals surface area contributed by atoms with E-state index >= 15 is 0 Å². The Balaban J connectivity index is 2.18. The van der Waals surface area contributed by atoms with Crippen LogP contribution in [0.2, 0.25) is 10.0 Å². The van der Waals surface area contributed by atoms with Gasteiger partial charge in [0.25, 0.3) is 0 Å². The lowest BCUT2D eigenvalue weighted by atomic mass is 10.1. The fourth-order valence-electron chi connectivity index (χ4n) is 2.13. The van der Waals surface area contributed by atoms with Crippen molar-refractivity contribution in [3.8, 4) is 5.75 Å². The summed E-state index contributed by atoms with van der Waals surface area (Å²) in [6.07, 6.45) is -0.479. The van der Waals surface area contributed by atoms with Crippen LogP contribution < -0.4 is 9.46 Å². The Morgan fingerprint density at radius 3 is 2.54 bits per heavy atom. The van der Waals surface area contributed by atoms with Crippen molar-refractivity contribution < 1.29 is 17.9 Å². The van der Waals surface area contributed by atoms with Gasteiger partial charge >= 0.3 is 0 Å². The quantitative estimate of drug-likeness (QED) is 0.784. The predicted octanol–water partition coefficient (Wildman–Crippen LogP) is 3.67. The molecule has 1 atom stereocenters. The minimum Gasteiger partial charge on any atom is -0.497 e. The van der Waals surface area contributed by atoms with Gasteiger partial charge in [-0.3, -0.25) is 0 Å². The molecule has 0 spiro atoms. The molecule has 24 heavy (non-hydrogen) atoms. The molecule has 130 valence electrons. The summed E-state index contributed by atoms with van der Waals surface area (Å²) in [5.74, 6) is 0.662. The van der Waals surface area contributed by atoms with Crippen LogP contribution in [-0.2, 0) is 14.8 Å². The first kappa shape index (κ1) is 19.0. The van der Waals surface area contributed by atoms with Crippen molar-refractivity contribution in [2.24, 2.45) is 0 Å². The highest BCUT2D eigenvalue weighted by molar-refractivity contribution is 7.89. The smallest absolute Gasteiger partial charge is 0.242 e. The van der Waals surface area contributed by atoms with Crippen LogP contribution in [0.25, 0.3) is 0 Å². The highest BCUT2D eigenvalue weighted by Gasteiger charge is 2.21. The van der Waals surface area contributed by atoms with Gasteiger partial charge in [0.1, 0.15) is 10.6 Å². The van der Waals surface area contributed by atoms with Crippen molar-refractivity contribution in [2.75, 3.05) is 20.8 Å². The molecular formula is C16H17Cl2NO4S. The topological polar surface area (TPSA) is 64.6 Å². The first-order chi connectivity index (χ1) is 11.4. The van der Waals surface area contributed by atoms with E-state index in [1.54, 1.807) is 19.2 Å². The van der Waals surface area contributed by atoms with Gasteiger partial charge in [0.2, 0.25) is 10.0 Å². The van der Waals surface area contributed by atoms with Gasteiger partial charge in [0.15, 0.2) is 0 Å². The zero-order valence-corrected chi connectivity index (χ0v) is 15.5. The molecule has 5 nitrogen and oxygen atoms in total. The standard InChI is InChI=1S/C16H17Cl2NO4S/c1-22-13-5-3-4-11(8-13)15(23-2)10-19-24(20,21)16-9-12(17)6-7-14(16)18/h3-9,15,19H,10H2,1-2H3/t15-/m1/s1. The average Bonchev–Trinajstić information content (AvgIpc) is 2.57. The molecule has 0 aliphatic carbocycles. The number of nitrogens with one attached hydrogen (secondary N) is 1. The van der Waals surface area contributed by atoms with E-state index in [-0.39, 0.29) is 21.5 Å². The number of methoxy groups -OCH3 is 2. The number of ether oxygens (including phenoxy) is 2. The molecule has 2 rings (SSSR count). The van der Waals surface area contributed by atoms with Gasteiger partial charge in [0.05, 0.1) is 18.2 Å². The van der Waals surface area contributed by atoms with E-state index in [2.05, 4.69) is 4.72 Å². The molecule has 0 saturated carbocycles. The minimum atomic E-state index is -3.82. The number of hydrogen-bond acceptors (Lipinski definition) is 4. The third-order valence-electron chi connectivity index (χ3n) is 3.39. The summed E-state index contributed by atoms with van der Waals surface area (Å²) in [5, 5.41) is 0.387. The second-order valence-electron chi connectivity index (χ2n) is 4.93. The molecule has 0 radical (unpaired) electrons. The van der Waals surface area contributed by atoms with Crippen LogP contribution in [0.4, 0.5) is 0 Å². The Labute approximate surface area is 151 Å². The summed E-state index contributed by atoms with van der Waals surface area (Å²) in [7, 11) is -0.755. The molecule has 0 aliphatic rings. The summed E-state index contributed by atoms with van der Waals surface area (Å²) in [4.78, 5) is -0.0721. The molecule has 8 heteroatoms. The van der Waals surface area contributed by atoms with Gasteiger partial charge in [-0.25, -0.2) is 13.1 Å². The lowest BCUT2D eigenvalue weighted by molar-refractivity contribution is 0.107. The van der Waals surface area contributed by atoms with Crippen molar-refractivity contribution in [1.82, 2.24) is 4.72 Å². The van der Waals surface area contributed by atoms with Crippen LogP contribution in [0.1, 0.15) is 11.7 Å². The Kier molecular flexibility index (Phi) is 6.48. The van der Waals surface area contributed by atoms with Gasteiger partial charge in [-0.2, -0.15) is 0 Å². The number of halogens is 2. The highest BCUT2D eigenvalue weighted by atomic mass is 35.5. The second-order valence-corrected chi connectivity index (χ2v) is 7.51. The number of hydrogen-bond donors (Lipinski definition) is 1. The summed E-state index contributed by atoms with van der Waals surface area (Å²) >= 11 is 11.8. The molecule has 0 aliphatic heterocycles. The Morgan fingerprint density at radius 1 is 1.12 bits per heavy atom. The molecule has 1 N–H and O–H groups in total. The van der Waals surface area contributed by atoms with E-state index in [1.165, 1.54) is 25.3 Å². The van der Waals surface area contributed by atoms with Crippen molar-refractivity contribution in [2.45, 2.75) is 11.0 Å². The molecule has 0 aromatic heterocycles. The zero-order valence-electron chi connectivity index (χ0n) is 13.1. The van der Waals surface area contributed by atoms with Crippen molar-refractivity contribution in [3.05, 3.63) is 58.1 Å². The Morgan fingerprint density at radius 2 is 1.88 bits per heavy atom. The normalized spacial score (nSPS) is 12.8. The van der Waals surface area contributed by atoms with E-state index in [9.17, 15) is 8.42 Å². The second kappa shape index (κ2) is 8.18. The van der Waals surface area contributed by atoms with Crippen molar-refractivity contribution in [1.29, 1.82) is 0 Å². The fraction of sp³-hybridized carbons (Fsp3) is 0.250. The first-order valence-electron chi connectivity index (χ1n) is 6.99. The average molecular weight is 390 g/mol. The first-order valence-corrected chi connectivity index (χ1v) is 9.22. The zero-order chi connectivity index (χ0) is 17.7. The maximum atomic E-state index is 12.4. The third-order valence-corrected chi connectivity index (χ3v) is 5.53. The summed E-state index contributed by atoms with van der Waals surface area (Å²) in [6.45, 7) is 0.0366. The van der Waals surface area contributed by atoms with Crippen LogP contribution in [0.15, 0.2) is 47.4 Å². The van der Waals surface area contributed by atoms with Gasteiger partial charge < -0.3 is 9.47 Å². The van der Waals surface area contributed by atoms with E-state index in [1.807, 2.05) is 12.1 Å². The Hall–Kier alpha value is -1.31. The number of benzene rings is 2. The van der Waals surface area contributed by atoms with Crippen molar-refractivity contribution >= 4 is 33.2 Å². The summed E-state index contributed by atoms with van der Waals surface area (Å²) in [6, 6.07) is 11.5. The molecule has 2 aromatic rings. The van der Waals surface area contributed by atoms with E-state index < -0.39 is 16.1 Å². The highest BCUT2D eigenvalue weighted by Crippen LogP contribution is 2.26. The molecule has 0 fully saturated rings. The predicted molar refractivity (Wildman–Crippen MR) is 94.4 cm³/mol. The molecule has 0 heterocycles. The number of sulfonamides is 1. The lowest BCUT2D eigenvalue weighted by Crippen LogP contribution is -2.29. The van der Waals surface area contributed by atoms with Crippen LogP contribution in [0, 0.1) is 0 Å². The van der Waals surface area contributed by atoms with Crippen LogP contribution in [0.3, 0.4) is 0 Å². The van der Waals surface area contributed by atoms with E-state index in [0.717, 1.165) is 5.56 Å². The minimum absolute atomic E-state index is 0.0366. The molecule has 2 aromatic carbocycles. The molecule has 0 bridgehead atoms. The van der Waals surface area contributed by atoms with Crippen LogP contribution in [-0.4, -0.2) is 29.2 Å². The largest absolute Gasteiger partial charge is 0.497 e. The monoisotopic (exact) mass is 389 g/mol. The lowest BCUT2D eigenvalue weighted by Gasteiger charge is -2.17. The van der Waals surface area contributed by atoms with Crippen molar-refractivity contribution in [3.63, 3.8) is 0 Å². The number of rotatable bonds is 7. The van der Waals surface area contributed by atoms with E-state index in [4.69, 9.17) is 32.7 Å². The Bertz CT molecular complexity index is 811.